The average molecular weight is 241 g/mol. The van der Waals surface area contributed by atoms with Gasteiger partial charge in [-0.1, -0.05) is 6.07 Å². The van der Waals surface area contributed by atoms with Gasteiger partial charge in [-0.25, -0.2) is 8.78 Å². The number of aliphatic hydroxyl groups is 1. The lowest BCUT2D eigenvalue weighted by molar-refractivity contribution is 0.0432. The molecule has 1 aliphatic rings. The Hall–Kier alpha value is -1.00. The van der Waals surface area contributed by atoms with Crippen LogP contribution in [0.3, 0.4) is 0 Å². The van der Waals surface area contributed by atoms with Gasteiger partial charge in [-0.05, 0) is 44.4 Å². The van der Waals surface area contributed by atoms with Gasteiger partial charge in [-0.15, -0.1) is 0 Å². The Balaban J connectivity index is 2.13. The summed E-state index contributed by atoms with van der Waals surface area (Å²) in [6.45, 7) is 3.50. The first-order valence-electron chi connectivity index (χ1n) is 5.81. The Bertz CT molecular complexity index is 414. The highest BCUT2D eigenvalue weighted by molar-refractivity contribution is 5.22. The van der Waals surface area contributed by atoms with Gasteiger partial charge in [0, 0.05) is 12.1 Å². The van der Waals surface area contributed by atoms with Crippen LogP contribution in [0.5, 0.6) is 0 Å². The van der Waals surface area contributed by atoms with Crippen molar-refractivity contribution < 1.29 is 13.9 Å². The van der Waals surface area contributed by atoms with Crippen LogP contribution in [0.15, 0.2) is 18.2 Å². The molecule has 2 nitrogen and oxygen atoms in total. The topological polar surface area (TPSA) is 32.3 Å². The van der Waals surface area contributed by atoms with Gasteiger partial charge in [0.2, 0.25) is 0 Å². The summed E-state index contributed by atoms with van der Waals surface area (Å²) in [4.78, 5) is 0. The first-order chi connectivity index (χ1) is 7.88. The molecular formula is C13H17F2NO. The van der Waals surface area contributed by atoms with Crippen molar-refractivity contribution in [3.05, 3.63) is 35.4 Å². The van der Waals surface area contributed by atoms with Crippen molar-refractivity contribution in [2.24, 2.45) is 0 Å². The average Bonchev–Trinajstić information content (AvgIpc) is 2.70. The normalized spacial score (nSPS) is 25.2. The van der Waals surface area contributed by atoms with Gasteiger partial charge in [0.1, 0.15) is 0 Å². The first-order valence-corrected chi connectivity index (χ1v) is 5.81. The third-order valence-corrected chi connectivity index (χ3v) is 3.35. The molecule has 1 fully saturated rings. The smallest absolute Gasteiger partial charge is 0.159 e. The molecule has 0 amide bonds. The van der Waals surface area contributed by atoms with E-state index < -0.39 is 17.2 Å². The fourth-order valence-corrected chi connectivity index (χ4v) is 2.29. The van der Waals surface area contributed by atoms with E-state index in [9.17, 15) is 13.9 Å². The van der Waals surface area contributed by atoms with Gasteiger partial charge in [0.05, 0.1) is 5.60 Å². The number of nitrogens with one attached hydrogen (secondary N) is 1. The van der Waals surface area contributed by atoms with Crippen molar-refractivity contribution in [1.82, 2.24) is 5.32 Å². The molecule has 2 unspecified atom stereocenters. The zero-order chi connectivity index (χ0) is 12.6. The summed E-state index contributed by atoms with van der Waals surface area (Å²) in [7, 11) is 0. The third-order valence-electron chi connectivity index (χ3n) is 3.35. The lowest BCUT2D eigenvalue weighted by Crippen LogP contribution is -2.43. The summed E-state index contributed by atoms with van der Waals surface area (Å²) in [5, 5.41) is 13.1. The molecule has 2 N–H and O–H groups in total. The lowest BCUT2D eigenvalue weighted by atomic mass is 9.98. The van der Waals surface area contributed by atoms with Crippen LogP contribution in [0.2, 0.25) is 0 Å². The fourth-order valence-electron chi connectivity index (χ4n) is 2.29. The molecule has 1 aromatic carbocycles. The van der Waals surface area contributed by atoms with Gasteiger partial charge >= 0.3 is 0 Å². The number of hydrogen-bond donors (Lipinski definition) is 2. The quantitative estimate of drug-likeness (QED) is 0.834. The van der Waals surface area contributed by atoms with E-state index in [1.807, 2.05) is 0 Å². The number of hydrogen-bond acceptors (Lipinski definition) is 2. The largest absolute Gasteiger partial charge is 0.389 e. The third kappa shape index (κ3) is 2.64. The maximum atomic E-state index is 13.1. The van der Waals surface area contributed by atoms with E-state index in [1.54, 1.807) is 19.9 Å². The Morgan fingerprint density at radius 2 is 1.94 bits per heavy atom. The molecule has 0 aromatic heterocycles. The zero-order valence-corrected chi connectivity index (χ0v) is 10.0. The number of halogens is 2. The minimum absolute atomic E-state index is 0.0125. The van der Waals surface area contributed by atoms with Crippen molar-refractivity contribution in [3.63, 3.8) is 0 Å². The first kappa shape index (κ1) is 12.5. The van der Waals surface area contributed by atoms with Crippen LogP contribution >= 0.6 is 0 Å². The van der Waals surface area contributed by atoms with Crippen LogP contribution in [0, 0.1) is 11.6 Å². The van der Waals surface area contributed by atoms with E-state index in [0.29, 0.717) is 0 Å². The highest BCUT2D eigenvalue weighted by Gasteiger charge is 2.34. The van der Waals surface area contributed by atoms with Crippen molar-refractivity contribution in [2.75, 3.05) is 0 Å². The highest BCUT2D eigenvalue weighted by Crippen LogP contribution is 2.31. The Morgan fingerprint density at radius 1 is 1.24 bits per heavy atom. The van der Waals surface area contributed by atoms with E-state index in [2.05, 4.69) is 5.32 Å². The highest BCUT2D eigenvalue weighted by atomic mass is 19.2. The van der Waals surface area contributed by atoms with Gasteiger partial charge in [-0.3, -0.25) is 0 Å². The second kappa shape index (κ2) is 4.35. The summed E-state index contributed by atoms with van der Waals surface area (Å²) in [6.07, 6.45) is 1.65. The lowest BCUT2D eigenvalue weighted by Gasteiger charge is -2.26. The maximum Gasteiger partial charge on any atom is 0.159 e. The molecule has 1 heterocycles. The minimum atomic E-state index is -0.828. The van der Waals surface area contributed by atoms with Crippen molar-refractivity contribution in [3.8, 4) is 0 Å². The van der Waals surface area contributed by atoms with Crippen molar-refractivity contribution >= 4 is 0 Å². The Morgan fingerprint density at radius 3 is 2.47 bits per heavy atom. The number of benzene rings is 1. The molecule has 1 aromatic rings. The van der Waals surface area contributed by atoms with Gasteiger partial charge in [0.15, 0.2) is 11.6 Å². The fraction of sp³-hybridized carbons (Fsp3) is 0.538. The van der Waals surface area contributed by atoms with E-state index in [1.165, 1.54) is 6.07 Å². The van der Waals surface area contributed by atoms with Crippen LogP contribution < -0.4 is 5.32 Å². The van der Waals surface area contributed by atoms with Gasteiger partial charge < -0.3 is 10.4 Å². The van der Waals surface area contributed by atoms with Crippen LogP contribution in [-0.2, 0) is 0 Å². The molecule has 17 heavy (non-hydrogen) atoms. The molecule has 0 bridgehead atoms. The van der Waals surface area contributed by atoms with Gasteiger partial charge in [-0.2, -0.15) is 0 Å². The number of rotatable bonds is 2. The van der Waals surface area contributed by atoms with E-state index in [4.69, 9.17) is 0 Å². The summed E-state index contributed by atoms with van der Waals surface area (Å²) < 4.78 is 25.9. The van der Waals surface area contributed by atoms with Crippen LogP contribution in [0.25, 0.3) is 0 Å². The minimum Gasteiger partial charge on any atom is -0.389 e. The molecule has 0 radical (unpaired) electrons. The summed E-state index contributed by atoms with van der Waals surface area (Å²) in [5.41, 5.74) is -0.0662. The van der Waals surface area contributed by atoms with Crippen LogP contribution in [-0.4, -0.2) is 16.7 Å². The second-order valence-corrected chi connectivity index (χ2v) is 5.18. The molecular weight excluding hydrogens is 224 g/mol. The zero-order valence-electron chi connectivity index (χ0n) is 10.0. The SMILES string of the molecule is CC(C)(O)C1CCC(c2ccc(F)c(F)c2)N1. The molecule has 4 heteroatoms. The van der Waals surface area contributed by atoms with Crippen molar-refractivity contribution in [1.29, 1.82) is 0 Å². The molecule has 1 saturated heterocycles. The van der Waals surface area contributed by atoms with Crippen LogP contribution in [0.1, 0.15) is 38.3 Å². The van der Waals surface area contributed by atoms with E-state index in [0.717, 1.165) is 24.5 Å². The molecule has 2 atom stereocenters. The van der Waals surface area contributed by atoms with Gasteiger partial charge in [0.25, 0.3) is 0 Å². The predicted molar refractivity (Wildman–Crippen MR) is 61.6 cm³/mol. The molecule has 1 aliphatic heterocycles. The Labute approximate surface area is 99.7 Å². The predicted octanol–water partition coefficient (Wildman–Crippen LogP) is 2.53. The van der Waals surface area contributed by atoms with Crippen LogP contribution in [0.4, 0.5) is 8.78 Å². The Kier molecular flexibility index (Phi) is 3.19. The second-order valence-electron chi connectivity index (χ2n) is 5.18. The molecule has 0 saturated carbocycles. The molecule has 0 aliphatic carbocycles. The monoisotopic (exact) mass is 241 g/mol. The van der Waals surface area contributed by atoms with Crippen molar-refractivity contribution in [2.45, 2.75) is 44.4 Å². The summed E-state index contributed by atoms with van der Waals surface area (Å²) >= 11 is 0. The standard InChI is InChI=1S/C13H17F2NO/c1-13(2,17)12-6-5-11(16-12)8-3-4-9(14)10(15)7-8/h3-4,7,11-12,16-17H,5-6H2,1-2H3. The maximum absolute atomic E-state index is 13.1. The summed E-state index contributed by atoms with van der Waals surface area (Å²) in [6, 6.07) is 3.92. The molecule has 0 spiro atoms. The van der Waals surface area contributed by atoms with E-state index in [-0.39, 0.29) is 12.1 Å². The summed E-state index contributed by atoms with van der Waals surface area (Å²) in [5.74, 6) is -1.65. The molecule has 94 valence electrons. The van der Waals surface area contributed by atoms with E-state index >= 15 is 0 Å². The molecule has 2 rings (SSSR count).